The zero-order valence-corrected chi connectivity index (χ0v) is 11.1. The van der Waals surface area contributed by atoms with Gasteiger partial charge in [-0.3, -0.25) is 0 Å². The first-order valence-corrected chi connectivity index (χ1v) is 6.53. The lowest BCUT2D eigenvalue weighted by Gasteiger charge is -2.05. The van der Waals surface area contributed by atoms with Crippen molar-refractivity contribution in [3.8, 4) is 0 Å². The van der Waals surface area contributed by atoms with Crippen LogP contribution < -0.4 is 0 Å². The summed E-state index contributed by atoms with van der Waals surface area (Å²) in [7, 11) is 0. The predicted octanol–water partition coefficient (Wildman–Crippen LogP) is 3.87. The van der Waals surface area contributed by atoms with Crippen molar-refractivity contribution in [3.05, 3.63) is 70.8 Å². The highest BCUT2D eigenvalue weighted by atomic mass is 16.4. The van der Waals surface area contributed by atoms with Gasteiger partial charge in [-0.05, 0) is 55.0 Å². The van der Waals surface area contributed by atoms with Crippen molar-refractivity contribution in [1.29, 1.82) is 0 Å². The van der Waals surface area contributed by atoms with Gasteiger partial charge in [-0.1, -0.05) is 36.4 Å². The van der Waals surface area contributed by atoms with Crippen molar-refractivity contribution >= 4 is 5.97 Å². The molecule has 0 bridgehead atoms. The number of carboxylic acid groups (broad SMARTS) is 1. The van der Waals surface area contributed by atoms with Crippen LogP contribution in [0.25, 0.3) is 0 Å². The Morgan fingerprint density at radius 2 is 1.68 bits per heavy atom. The molecule has 2 rings (SSSR count). The summed E-state index contributed by atoms with van der Waals surface area (Å²) in [4.78, 5) is 10.7. The maximum absolute atomic E-state index is 10.7. The van der Waals surface area contributed by atoms with Crippen molar-refractivity contribution in [2.45, 2.75) is 26.2 Å². The van der Waals surface area contributed by atoms with Gasteiger partial charge in [-0.15, -0.1) is 0 Å². The van der Waals surface area contributed by atoms with Gasteiger partial charge in [-0.2, -0.15) is 0 Å². The van der Waals surface area contributed by atoms with Gasteiger partial charge < -0.3 is 5.11 Å². The predicted molar refractivity (Wildman–Crippen MR) is 76.6 cm³/mol. The van der Waals surface area contributed by atoms with E-state index >= 15 is 0 Å². The van der Waals surface area contributed by atoms with Gasteiger partial charge in [0.15, 0.2) is 0 Å². The van der Waals surface area contributed by atoms with Crippen LogP contribution in [0.1, 0.15) is 33.5 Å². The largest absolute Gasteiger partial charge is 0.478 e. The number of carboxylic acids is 1. The van der Waals surface area contributed by atoms with Crippen LogP contribution in [0.4, 0.5) is 0 Å². The zero-order chi connectivity index (χ0) is 13.7. The molecule has 0 fully saturated rings. The summed E-state index contributed by atoms with van der Waals surface area (Å²) in [6.07, 6.45) is 3.12. The average Bonchev–Trinajstić information content (AvgIpc) is 2.41. The third-order valence-electron chi connectivity index (χ3n) is 3.37. The first kappa shape index (κ1) is 13.3. The third-order valence-corrected chi connectivity index (χ3v) is 3.37. The molecule has 98 valence electrons. The summed E-state index contributed by atoms with van der Waals surface area (Å²) in [5.74, 6) is -0.869. The van der Waals surface area contributed by atoms with E-state index in [1.165, 1.54) is 16.7 Å². The minimum absolute atomic E-state index is 0.350. The van der Waals surface area contributed by atoms with Crippen LogP contribution in [0.5, 0.6) is 0 Å². The standard InChI is InChI=1S/C17H18O2/c1-13-5-2-3-7-15(13)8-4-6-14-9-11-16(12-10-14)17(18)19/h2-3,5,7,9-12H,4,6,8H2,1H3,(H,18,19). The van der Waals surface area contributed by atoms with E-state index in [0.717, 1.165) is 19.3 Å². The van der Waals surface area contributed by atoms with Crippen molar-refractivity contribution in [2.75, 3.05) is 0 Å². The molecule has 0 aliphatic rings. The molecule has 2 nitrogen and oxygen atoms in total. The number of aromatic carboxylic acids is 1. The van der Waals surface area contributed by atoms with Crippen molar-refractivity contribution < 1.29 is 9.90 Å². The first-order chi connectivity index (χ1) is 9.16. The van der Waals surface area contributed by atoms with Crippen LogP contribution in [0.2, 0.25) is 0 Å². The van der Waals surface area contributed by atoms with Crippen LogP contribution in [-0.2, 0) is 12.8 Å². The highest BCUT2D eigenvalue weighted by Crippen LogP contribution is 2.12. The fourth-order valence-corrected chi connectivity index (χ4v) is 2.19. The maximum atomic E-state index is 10.7. The summed E-state index contributed by atoms with van der Waals surface area (Å²) in [5.41, 5.74) is 4.27. The molecular weight excluding hydrogens is 236 g/mol. The lowest BCUT2D eigenvalue weighted by Crippen LogP contribution is -1.97. The summed E-state index contributed by atoms with van der Waals surface area (Å²) in [5, 5.41) is 8.83. The summed E-state index contributed by atoms with van der Waals surface area (Å²) in [6, 6.07) is 15.6. The number of benzene rings is 2. The van der Waals surface area contributed by atoms with Crippen molar-refractivity contribution in [3.63, 3.8) is 0 Å². The smallest absolute Gasteiger partial charge is 0.335 e. The van der Waals surface area contributed by atoms with Crippen molar-refractivity contribution in [1.82, 2.24) is 0 Å². The van der Waals surface area contributed by atoms with E-state index < -0.39 is 5.97 Å². The Bertz CT molecular complexity index is 556. The van der Waals surface area contributed by atoms with Gasteiger partial charge in [0.25, 0.3) is 0 Å². The molecule has 0 heterocycles. The second-order valence-electron chi connectivity index (χ2n) is 4.78. The molecule has 0 aliphatic carbocycles. The molecule has 2 heteroatoms. The number of rotatable bonds is 5. The van der Waals surface area contributed by atoms with Gasteiger partial charge in [-0.25, -0.2) is 4.79 Å². The molecule has 2 aromatic carbocycles. The van der Waals surface area contributed by atoms with Gasteiger partial charge in [0.2, 0.25) is 0 Å². The summed E-state index contributed by atoms with van der Waals surface area (Å²) < 4.78 is 0. The van der Waals surface area contributed by atoms with Gasteiger partial charge in [0, 0.05) is 0 Å². The maximum Gasteiger partial charge on any atom is 0.335 e. The third kappa shape index (κ3) is 3.68. The minimum atomic E-state index is -0.869. The molecule has 0 saturated carbocycles. The molecule has 0 atom stereocenters. The molecule has 0 amide bonds. The summed E-state index contributed by atoms with van der Waals surface area (Å²) in [6.45, 7) is 2.14. The van der Waals surface area contributed by atoms with Crippen molar-refractivity contribution in [2.24, 2.45) is 0 Å². The average molecular weight is 254 g/mol. The Hall–Kier alpha value is -2.09. The second-order valence-corrected chi connectivity index (χ2v) is 4.78. The molecule has 0 radical (unpaired) electrons. The quantitative estimate of drug-likeness (QED) is 0.879. The van der Waals surface area contributed by atoms with E-state index in [1.54, 1.807) is 12.1 Å². The van der Waals surface area contributed by atoms with E-state index in [-0.39, 0.29) is 0 Å². The fourth-order valence-electron chi connectivity index (χ4n) is 2.19. The molecule has 19 heavy (non-hydrogen) atoms. The van der Waals surface area contributed by atoms with E-state index in [1.807, 2.05) is 12.1 Å². The first-order valence-electron chi connectivity index (χ1n) is 6.53. The Morgan fingerprint density at radius 3 is 2.32 bits per heavy atom. The Kier molecular flexibility index (Phi) is 4.35. The monoisotopic (exact) mass is 254 g/mol. The SMILES string of the molecule is Cc1ccccc1CCCc1ccc(C(=O)O)cc1. The topological polar surface area (TPSA) is 37.3 Å². The number of carbonyl (C=O) groups is 1. The van der Waals surface area contributed by atoms with Crippen LogP contribution in [0.15, 0.2) is 48.5 Å². The van der Waals surface area contributed by atoms with E-state index in [2.05, 4.69) is 31.2 Å². The number of hydrogen-bond acceptors (Lipinski definition) is 1. The fraction of sp³-hybridized carbons (Fsp3) is 0.235. The second kappa shape index (κ2) is 6.19. The van der Waals surface area contributed by atoms with Gasteiger partial charge in [0.1, 0.15) is 0 Å². The Labute approximate surface area is 113 Å². The highest BCUT2D eigenvalue weighted by molar-refractivity contribution is 5.87. The molecule has 1 N–H and O–H groups in total. The van der Waals surface area contributed by atoms with E-state index in [4.69, 9.17) is 5.11 Å². The number of hydrogen-bond donors (Lipinski definition) is 1. The molecule has 0 aromatic heterocycles. The van der Waals surface area contributed by atoms with Crippen LogP contribution in [0, 0.1) is 6.92 Å². The van der Waals surface area contributed by atoms with E-state index in [0.29, 0.717) is 5.56 Å². The van der Waals surface area contributed by atoms with Crippen LogP contribution >= 0.6 is 0 Å². The molecule has 0 saturated heterocycles. The zero-order valence-electron chi connectivity index (χ0n) is 11.1. The Balaban J connectivity index is 1.89. The molecule has 0 spiro atoms. The van der Waals surface area contributed by atoms with Crippen LogP contribution in [0.3, 0.4) is 0 Å². The van der Waals surface area contributed by atoms with Gasteiger partial charge >= 0.3 is 5.97 Å². The molecule has 2 aromatic rings. The highest BCUT2D eigenvalue weighted by Gasteiger charge is 2.02. The molecule has 0 unspecified atom stereocenters. The lowest BCUT2D eigenvalue weighted by molar-refractivity contribution is 0.0697. The van der Waals surface area contributed by atoms with E-state index in [9.17, 15) is 4.79 Å². The normalized spacial score (nSPS) is 10.4. The lowest BCUT2D eigenvalue weighted by atomic mass is 10.0. The number of aryl methyl sites for hydroxylation is 3. The Morgan fingerprint density at radius 1 is 1.00 bits per heavy atom. The molecular formula is C17H18O2. The van der Waals surface area contributed by atoms with Crippen LogP contribution in [-0.4, -0.2) is 11.1 Å². The molecule has 0 aliphatic heterocycles. The minimum Gasteiger partial charge on any atom is -0.478 e. The summed E-state index contributed by atoms with van der Waals surface area (Å²) >= 11 is 0. The van der Waals surface area contributed by atoms with Gasteiger partial charge in [0.05, 0.1) is 5.56 Å².